The number of hydrogen-bond acceptors (Lipinski definition) is 4. The summed E-state index contributed by atoms with van der Waals surface area (Å²) < 4.78 is 2.27. The van der Waals surface area contributed by atoms with Crippen molar-refractivity contribution in [1.82, 2.24) is 24.6 Å². The summed E-state index contributed by atoms with van der Waals surface area (Å²) in [6.45, 7) is 4.63. The molecule has 1 aromatic carbocycles. The van der Waals surface area contributed by atoms with Crippen LogP contribution in [-0.2, 0) is 0 Å². The summed E-state index contributed by atoms with van der Waals surface area (Å²) in [5.41, 5.74) is 3.60. The van der Waals surface area contributed by atoms with Crippen LogP contribution in [0.2, 0.25) is 0 Å². The van der Waals surface area contributed by atoms with E-state index in [1.165, 1.54) is 37.1 Å². The van der Waals surface area contributed by atoms with Crippen LogP contribution in [0.5, 0.6) is 0 Å². The molecule has 0 aliphatic carbocycles. The molecule has 4 heterocycles. The number of H-pyrrole nitrogens is 1. The number of likely N-dealkylation sites (tertiary alicyclic amines) is 1. The Morgan fingerprint density at radius 3 is 2.63 bits per heavy atom. The highest BCUT2D eigenvalue weighted by Gasteiger charge is 2.31. The van der Waals surface area contributed by atoms with Crippen LogP contribution in [0.1, 0.15) is 25.3 Å². The lowest BCUT2D eigenvalue weighted by atomic mass is 10.0. The maximum atomic E-state index is 4.20. The Morgan fingerprint density at radius 1 is 0.963 bits per heavy atom. The number of anilines is 1. The Labute approximate surface area is 159 Å². The minimum Gasteiger partial charge on any atom is -0.371 e. The smallest absolute Gasteiger partial charge is 0.0948 e. The molecule has 0 radical (unpaired) electrons. The van der Waals surface area contributed by atoms with Gasteiger partial charge in [-0.3, -0.25) is 10.00 Å². The monoisotopic (exact) mass is 362 g/mol. The summed E-state index contributed by atoms with van der Waals surface area (Å²) in [5, 5.41) is 7.13. The zero-order valence-corrected chi connectivity index (χ0v) is 15.5. The lowest BCUT2D eigenvalue weighted by Gasteiger charge is -2.38. The maximum absolute atomic E-state index is 4.20. The number of nitrogens with one attached hydrogen (secondary N) is 1. The van der Waals surface area contributed by atoms with Gasteiger partial charge in [-0.05, 0) is 37.5 Å². The van der Waals surface area contributed by atoms with E-state index >= 15 is 0 Å². The van der Waals surface area contributed by atoms with Crippen LogP contribution in [0.4, 0.5) is 5.69 Å². The van der Waals surface area contributed by atoms with E-state index in [2.05, 4.69) is 60.0 Å². The second-order valence-electron chi connectivity index (χ2n) is 7.69. The van der Waals surface area contributed by atoms with Crippen molar-refractivity contribution in [1.29, 1.82) is 0 Å². The lowest BCUT2D eigenvalue weighted by Crippen LogP contribution is -2.44. The molecule has 2 aromatic heterocycles. The van der Waals surface area contributed by atoms with E-state index < -0.39 is 0 Å². The lowest BCUT2D eigenvalue weighted by molar-refractivity contribution is 0.201. The van der Waals surface area contributed by atoms with Crippen molar-refractivity contribution in [2.45, 2.75) is 31.3 Å². The summed E-state index contributed by atoms with van der Waals surface area (Å²) in [6, 6.07) is 12.1. The van der Waals surface area contributed by atoms with E-state index in [0.29, 0.717) is 12.1 Å². The molecule has 2 fully saturated rings. The van der Waals surface area contributed by atoms with Gasteiger partial charge >= 0.3 is 0 Å². The van der Waals surface area contributed by atoms with Gasteiger partial charge in [0.1, 0.15) is 0 Å². The van der Waals surface area contributed by atoms with Crippen LogP contribution >= 0.6 is 0 Å². The van der Waals surface area contributed by atoms with Crippen molar-refractivity contribution in [3.8, 4) is 11.3 Å². The van der Waals surface area contributed by atoms with E-state index in [9.17, 15) is 0 Å². The van der Waals surface area contributed by atoms with Crippen LogP contribution in [0, 0.1) is 0 Å². The molecule has 1 N–H and O–H groups in total. The SMILES string of the molecule is c1cc(-c2ccn[nH]2)cc(N2CCC(N3CCC(n4ccnc4)C3)CC2)c1. The van der Waals surface area contributed by atoms with E-state index in [1.807, 2.05) is 18.6 Å². The normalized spacial score (nSPS) is 21.8. The standard InChI is InChI=1S/C21H26N6/c1-2-17(21-4-8-23-24-21)14-19(3-1)25-10-5-18(6-11-25)26-12-7-20(15-26)27-13-9-22-16-27/h1-4,8-9,13-14,16,18,20H,5-7,10-12,15H2,(H,23,24). The fourth-order valence-corrected chi connectivity index (χ4v) is 4.60. The molecule has 5 rings (SSSR count). The van der Waals surface area contributed by atoms with Crippen molar-refractivity contribution in [2.24, 2.45) is 0 Å². The fourth-order valence-electron chi connectivity index (χ4n) is 4.60. The molecule has 3 aromatic rings. The highest BCUT2D eigenvalue weighted by molar-refractivity contribution is 5.65. The third kappa shape index (κ3) is 3.37. The predicted octanol–water partition coefficient (Wildman–Crippen LogP) is 3.19. The van der Waals surface area contributed by atoms with Crippen LogP contribution in [-0.4, -0.2) is 56.9 Å². The minimum absolute atomic E-state index is 0.594. The Bertz CT molecular complexity index is 849. The highest BCUT2D eigenvalue weighted by Crippen LogP contribution is 2.30. The Kier molecular flexibility index (Phi) is 4.41. The van der Waals surface area contributed by atoms with Crippen molar-refractivity contribution in [2.75, 3.05) is 31.1 Å². The van der Waals surface area contributed by atoms with E-state index in [-0.39, 0.29) is 0 Å². The molecule has 27 heavy (non-hydrogen) atoms. The average molecular weight is 362 g/mol. The molecule has 2 aliphatic rings. The van der Waals surface area contributed by atoms with Gasteiger partial charge in [0.05, 0.1) is 12.0 Å². The second kappa shape index (κ2) is 7.19. The first-order valence-electron chi connectivity index (χ1n) is 9.93. The Hall–Kier alpha value is -2.60. The topological polar surface area (TPSA) is 53.0 Å². The van der Waals surface area contributed by atoms with Crippen molar-refractivity contribution in [3.05, 3.63) is 55.2 Å². The fraction of sp³-hybridized carbons (Fsp3) is 0.429. The first-order chi connectivity index (χ1) is 13.4. The molecular weight excluding hydrogens is 336 g/mol. The molecule has 2 saturated heterocycles. The van der Waals surface area contributed by atoms with Crippen LogP contribution in [0.3, 0.4) is 0 Å². The minimum atomic E-state index is 0.594. The van der Waals surface area contributed by atoms with E-state index in [4.69, 9.17) is 0 Å². The molecular formula is C21H26N6. The van der Waals surface area contributed by atoms with Gasteiger partial charge in [0.25, 0.3) is 0 Å². The largest absolute Gasteiger partial charge is 0.371 e. The number of imidazole rings is 1. The summed E-state index contributed by atoms with van der Waals surface area (Å²) in [4.78, 5) is 9.43. The van der Waals surface area contributed by atoms with Crippen molar-refractivity contribution >= 4 is 5.69 Å². The van der Waals surface area contributed by atoms with Gasteiger partial charge in [-0.1, -0.05) is 12.1 Å². The number of aromatic nitrogens is 4. The summed E-state index contributed by atoms with van der Waals surface area (Å²) in [7, 11) is 0. The van der Waals surface area contributed by atoms with Crippen molar-refractivity contribution < 1.29 is 0 Å². The molecule has 0 saturated carbocycles. The van der Waals surface area contributed by atoms with E-state index in [0.717, 1.165) is 25.3 Å². The first-order valence-corrected chi connectivity index (χ1v) is 9.93. The second-order valence-corrected chi connectivity index (χ2v) is 7.69. The molecule has 1 atom stereocenters. The van der Waals surface area contributed by atoms with E-state index in [1.54, 1.807) is 6.20 Å². The van der Waals surface area contributed by atoms with Gasteiger partial charge in [-0.25, -0.2) is 4.98 Å². The third-order valence-electron chi connectivity index (χ3n) is 6.15. The van der Waals surface area contributed by atoms with Crippen molar-refractivity contribution in [3.63, 3.8) is 0 Å². The number of rotatable bonds is 4. The summed E-state index contributed by atoms with van der Waals surface area (Å²) in [5.74, 6) is 0. The average Bonchev–Trinajstić information content (AvgIpc) is 3.50. The predicted molar refractivity (Wildman–Crippen MR) is 107 cm³/mol. The highest BCUT2D eigenvalue weighted by atomic mass is 15.2. The molecule has 1 unspecified atom stereocenters. The Morgan fingerprint density at radius 2 is 1.85 bits per heavy atom. The molecule has 6 heteroatoms. The van der Waals surface area contributed by atoms with Gasteiger partial charge in [-0.15, -0.1) is 0 Å². The number of nitrogens with zero attached hydrogens (tertiary/aromatic N) is 5. The number of benzene rings is 1. The molecule has 2 aliphatic heterocycles. The molecule has 140 valence electrons. The summed E-state index contributed by atoms with van der Waals surface area (Å²) in [6.07, 6.45) is 11.5. The van der Waals surface area contributed by atoms with Gasteiger partial charge in [0, 0.05) is 68.1 Å². The first kappa shape index (κ1) is 16.6. The Balaban J connectivity index is 1.20. The quantitative estimate of drug-likeness (QED) is 0.774. The third-order valence-corrected chi connectivity index (χ3v) is 6.15. The summed E-state index contributed by atoms with van der Waals surface area (Å²) >= 11 is 0. The number of hydrogen-bond donors (Lipinski definition) is 1. The van der Waals surface area contributed by atoms with Crippen LogP contribution < -0.4 is 4.90 Å². The maximum Gasteiger partial charge on any atom is 0.0948 e. The van der Waals surface area contributed by atoms with Gasteiger partial charge in [0.2, 0.25) is 0 Å². The van der Waals surface area contributed by atoms with Crippen LogP contribution in [0.25, 0.3) is 11.3 Å². The zero-order valence-electron chi connectivity index (χ0n) is 15.5. The number of aromatic amines is 1. The van der Waals surface area contributed by atoms with Crippen LogP contribution in [0.15, 0.2) is 55.2 Å². The van der Waals surface area contributed by atoms with Gasteiger partial charge in [-0.2, -0.15) is 5.10 Å². The zero-order chi connectivity index (χ0) is 18.1. The molecule has 0 amide bonds. The number of piperidine rings is 1. The van der Waals surface area contributed by atoms with Gasteiger partial charge < -0.3 is 9.47 Å². The molecule has 0 spiro atoms. The molecule has 6 nitrogen and oxygen atoms in total. The van der Waals surface area contributed by atoms with Gasteiger partial charge in [0.15, 0.2) is 0 Å². The molecule has 0 bridgehead atoms.